The Kier molecular flexibility index (Phi) is 8.77. The average Bonchev–Trinajstić information content (AvgIpc) is 2.89. The van der Waals surface area contributed by atoms with Crippen LogP contribution >= 0.6 is 11.6 Å². The van der Waals surface area contributed by atoms with Crippen LogP contribution in [0.2, 0.25) is 5.02 Å². The fourth-order valence-electron chi connectivity index (χ4n) is 4.76. The minimum atomic E-state index is -3.65. The molecule has 1 fully saturated rings. The van der Waals surface area contributed by atoms with Crippen molar-refractivity contribution in [3.8, 4) is 0 Å². The van der Waals surface area contributed by atoms with Crippen molar-refractivity contribution in [2.45, 2.75) is 31.7 Å². The molecular formula is C27H33ClN4O5S. The van der Waals surface area contributed by atoms with Crippen LogP contribution in [0.4, 0.5) is 4.79 Å². The molecule has 1 saturated heterocycles. The molecule has 2 aromatic rings. The van der Waals surface area contributed by atoms with Crippen molar-refractivity contribution in [1.82, 2.24) is 19.4 Å². The highest BCUT2D eigenvalue weighted by Crippen LogP contribution is 2.32. The number of carbonyl (C=O) groups is 2. The molecule has 0 bridgehead atoms. The van der Waals surface area contributed by atoms with E-state index in [1.165, 1.54) is 16.4 Å². The zero-order valence-electron chi connectivity index (χ0n) is 21.8. The van der Waals surface area contributed by atoms with Gasteiger partial charge >= 0.3 is 12.0 Å². The van der Waals surface area contributed by atoms with Gasteiger partial charge in [-0.1, -0.05) is 41.4 Å². The number of aryl methyl sites for hydroxylation is 1. The summed E-state index contributed by atoms with van der Waals surface area (Å²) in [5.74, 6) is -0.476. The van der Waals surface area contributed by atoms with Crippen LogP contribution in [0, 0.1) is 6.92 Å². The maximum atomic E-state index is 13.3. The maximum absolute atomic E-state index is 13.3. The molecule has 1 unspecified atom stereocenters. The molecule has 0 aromatic heterocycles. The number of benzene rings is 2. The third-order valence-corrected chi connectivity index (χ3v) is 8.98. The van der Waals surface area contributed by atoms with Crippen LogP contribution in [-0.2, 0) is 19.6 Å². The second-order valence-electron chi connectivity index (χ2n) is 9.25. The Balaban J connectivity index is 1.61. The summed E-state index contributed by atoms with van der Waals surface area (Å²) in [6.45, 7) is 7.92. The minimum absolute atomic E-state index is 0.199. The van der Waals surface area contributed by atoms with E-state index in [1.54, 1.807) is 24.0 Å². The molecule has 204 valence electrons. The van der Waals surface area contributed by atoms with E-state index in [9.17, 15) is 18.0 Å². The van der Waals surface area contributed by atoms with Crippen LogP contribution in [0.15, 0.2) is 64.7 Å². The first-order chi connectivity index (χ1) is 18.1. The third kappa shape index (κ3) is 5.88. The molecule has 0 saturated carbocycles. The van der Waals surface area contributed by atoms with Crippen LogP contribution in [-0.4, -0.2) is 80.4 Å². The third-order valence-electron chi connectivity index (χ3n) is 6.82. The van der Waals surface area contributed by atoms with Crippen LogP contribution in [0.5, 0.6) is 0 Å². The van der Waals surface area contributed by atoms with Gasteiger partial charge < -0.3 is 10.1 Å². The lowest BCUT2D eigenvalue weighted by Gasteiger charge is -2.40. The molecule has 0 spiro atoms. The molecule has 2 amide bonds. The lowest BCUT2D eigenvalue weighted by Crippen LogP contribution is -2.53. The largest absolute Gasteiger partial charge is 0.463 e. The average molecular weight is 561 g/mol. The minimum Gasteiger partial charge on any atom is -0.463 e. The summed E-state index contributed by atoms with van der Waals surface area (Å²) in [5.41, 5.74) is 2.83. The Morgan fingerprint density at radius 1 is 1.03 bits per heavy atom. The van der Waals surface area contributed by atoms with Crippen LogP contribution in [0.3, 0.4) is 0 Å². The lowest BCUT2D eigenvalue weighted by molar-refractivity contribution is -0.139. The first-order valence-electron chi connectivity index (χ1n) is 12.7. The van der Waals surface area contributed by atoms with Gasteiger partial charge in [-0.25, -0.2) is 18.0 Å². The lowest BCUT2D eigenvalue weighted by atomic mass is 9.93. The number of halogens is 1. The number of nitrogens with zero attached hydrogens (tertiary/aromatic N) is 3. The SMILES string of the molecule is CCOC(=O)C1=C(CN2CCN(S(=O)(=O)c3ccc(Cl)cc3)CC2)N(CC)C(=O)NC1c1ccc(C)cc1. The topological polar surface area (TPSA) is 99.3 Å². The molecule has 9 nitrogen and oxygen atoms in total. The van der Waals surface area contributed by atoms with Gasteiger partial charge in [-0.15, -0.1) is 0 Å². The van der Waals surface area contributed by atoms with Crippen molar-refractivity contribution in [1.29, 1.82) is 0 Å². The predicted octanol–water partition coefficient (Wildman–Crippen LogP) is 3.56. The molecule has 2 aromatic carbocycles. The zero-order valence-corrected chi connectivity index (χ0v) is 23.4. The summed E-state index contributed by atoms with van der Waals surface area (Å²) in [5, 5.41) is 3.44. The fourth-order valence-corrected chi connectivity index (χ4v) is 6.31. The Morgan fingerprint density at radius 3 is 2.24 bits per heavy atom. The number of likely N-dealkylation sites (N-methyl/N-ethyl adjacent to an activating group) is 1. The van der Waals surface area contributed by atoms with Gasteiger partial charge in [0.2, 0.25) is 10.0 Å². The standard InChI is InChI=1S/C27H33ClN4O5S/c1-4-32-23(18-30-14-16-31(17-15-30)38(35,36)22-12-10-21(28)11-13-22)24(26(33)37-5-2)25(29-27(32)34)20-8-6-19(3)7-9-20/h6-13,25H,4-5,14-18H2,1-3H3,(H,29,34). The molecule has 11 heteroatoms. The summed E-state index contributed by atoms with van der Waals surface area (Å²) >= 11 is 5.92. The Hall–Kier alpha value is -2.92. The number of ether oxygens (including phenoxy) is 1. The van der Waals surface area contributed by atoms with E-state index in [2.05, 4.69) is 10.2 Å². The van der Waals surface area contributed by atoms with E-state index in [0.29, 0.717) is 42.5 Å². The molecule has 0 aliphatic carbocycles. The van der Waals surface area contributed by atoms with Gasteiger partial charge in [0.1, 0.15) is 0 Å². The number of hydrogen-bond donors (Lipinski definition) is 1. The van der Waals surface area contributed by atoms with Crippen molar-refractivity contribution < 1.29 is 22.7 Å². The second kappa shape index (κ2) is 11.9. The first-order valence-corrected chi connectivity index (χ1v) is 14.5. The quantitative estimate of drug-likeness (QED) is 0.496. The Morgan fingerprint density at radius 2 is 1.66 bits per heavy atom. The highest BCUT2D eigenvalue weighted by molar-refractivity contribution is 7.89. The van der Waals surface area contributed by atoms with E-state index < -0.39 is 22.0 Å². The maximum Gasteiger partial charge on any atom is 0.338 e. The molecule has 1 N–H and O–H groups in total. The second-order valence-corrected chi connectivity index (χ2v) is 11.6. The normalized spacial score (nSPS) is 19.4. The first kappa shape index (κ1) is 28.1. The van der Waals surface area contributed by atoms with E-state index in [1.807, 2.05) is 38.1 Å². The molecule has 1 atom stereocenters. The van der Waals surface area contributed by atoms with Crippen molar-refractivity contribution in [3.63, 3.8) is 0 Å². The summed E-state index contributed by atoms with van der Waals surface area (Å²) in [7, 11) is -3.65. The number of esters is 1. The number of carbonyl (C=O) groups excluding carboxylic acids is 2. The predicted molar refractivity (Wildman–Crippen MR) is 145 cm³/mol. The molecule has 2 heterocycles. The van der Waals surface area contributed by atoms with Gasteiger partial charge in [0.05, 0.1) is 23.1 Å². The van der Waals surface area contributed by atoms with Gasteiger partial charge in [0, 0.05) is 50.0 Å². The van der Waals surface area contributed by atoms with Crippen LogP contribution in [0.1, 0.15) is 31.0 Å². The number of nitrogens with one attached hydrogen (secondary N) is 1. The number of urea groups is 1. The number of sulfonamides is 1. The van der Waals surface area contributed by atoms with Crippen molar-refractivity contribution in [2.24, 2.45) is 0 Å². The van der Waals surface area contributed by atoms with Gasteiger partial charge in [-0.3, -0.25) is 9.80 Å². The van der Waals surface area contributed by atoms with E-state index in [-0.39, 0.29) is 30.6 Å². The van der Waals surface area contributed by atoms with Gasteiger partial charge in [-0.05, 0) is 50.6 Å². The summed E-state index contributed by atoms with van der Waals surface area (Å²) < 4.78 is 33.1. The van der Waals surface area contributed by atoms with Gasteiger partial charge in [-0.2, -0.15) is 4.31 Å². The summed E-state index contributed by atoms with van der Waals surface area (Å²) in [4.78, 5) is 30.2. The zero-order chi connectivity index (χ0) is 27.4. The van der Waals surface area contributed by atoms with Crippen LogP contribution < -0.4 is 5.32 Å². The smallest absolute Gasteiger partial charge is 0.338 e. The Labute approximate surface area is 229 Å². The number of rotatable bonds is 8. The molecule has 2 aliphatic heterocycles. The Bertz CT molecular complexity index is 1300. The monoisotopic (exact) mass is 560 g/mol. The molecular weight excluding hydrogens is 528 g/mol. The molecule has 4 rings (SSSR count). The van der Waals surface area contributed by atoms with Crippen molar-refractivity contribution in [2.75, 3.05) is 45.9 Å². The number of piperazine rings is 1. The molecule has 38 heavy (non-hydrogen) atoms. The highest BCUT2D eigenvalue weighted by Gasteiger charge is 2.39. The highest BCUT2D eigenvalue weighted by atomic mass is 35.5. The molecule has 2 aliphatic rings. The van der Waals surface area contributed by atoms with Crippen molar-refractivity contribution >= 4 is 33.6 Å². The number of amides is 2. The van der Waals surface area contributed by atoms with Crippen LogP contribution in [0.25, 0.3) is 0 Å². The fraction of sp³-hybridized carbons (Fsp3) is 0.407. The van der Waals surface area contributed by atoms with E-state index in [4.69, 9.17) is 16.3 Å². The van der Waals surface area contributed by atoms with Gasteiger partial charge in [0.15, 0.2) is 0 Å². The van der Waals surface area contributed by atoms with Crippen molar-refractivity contribution in [3.05, 3.63) is 76.0 Å². The molecule has 0 radical (unpaired) electrons. The van der Waals surface area contributed by atoms with Gasteiger partial charge in [0.25, 0.3) is 0 Å². The number of hydrogen-bond acceptors (Lipinski definition) is 6. The summed E-state index contributed by atoms with van der Waals surface area (Å²) in [6.07, 6.45) is 0. The van der Waals surface area contributed by atoms with E-state index in [0.717, 1.165) is 11.1 Å². The van der Waals surface area contributed by atoms with E-state index >= 15 is 0 Å². The summed E-state index contributed by atoms with van der Waals surface area (Å²) in [6, 6.07) is 12.9.